The number of hydrogen-bond donors (Lipinski definition) is 1. The van der Waals surface area contributed by atoms with Gasteiger partial charge in [0.1, 0.15) is 17.7 Å². The molecule has 1 fully saturated rings. The highest BCUT2D eigenvalue weighted by molar-refractivity contribution is 7.99. The molecule has 3 aromatic rings. The Morgan fingerprint density at radius 3 is 2.53 bits per heavy atom. The summed E-state index contributed by atoms with van der Waals surface area (Å²) >= 11 is 1.79. The summed E-state index contributed by atoms with van der Waals surface area (Å²) in [6.07, 6.45) is 0. The average molecular weight is 419 g/mol. The van der Waals surface area contributed by atoms with Gasteiger partial charge < -0.3 is 15.0 Å². The van der Waals surface area contributed by atoms with E-state index >= 15 is 0 Å². The molecular formula is C25H26N2O2S. The molecule has 1 unspecified atom stereocenters. The average Bonchev–Trinajstić information content (AvgIpc) is 3.26. The summed E-state index contributed by atoms with van der Waals surface area (Å²) in [6.45, 7) is 5.41. The molecule has 1 aliphatic heterocycles. The molecule has 0 aliphatic carbocycles. The van der Waals surface area contributed by atoms with E-state index in [0.29, 0.717) is 6.61 Å². The fraction of sp³-hybridized carbons (Fsp3) is 0.240. The summed E-state index contributed by atoms with van der Waals surface area (Å²) < 4.78 is 5.88. The van der Waals surface area contributed by atoms with Gasteiger partial charge in [0.05, 0.1) is 0 Å². The van der Waals surface area contributed by atoms with E-state index in [1.54, 1.807) is 11.8 Å². The lowest BCUT2D eigenvalue weighted by Gasteiger charge is -2.24. The largest absolute Gasteiger partial charge is 0.489 e. The van der Waals surface area contributed by atoms with E-state index in [9.17, 15) is 4.79 Å². The van der Waals surface area contributed by atoms with Gasteiger partial charge in [-0.25, -0.2) is 4.79 Å². The maximum Gasteiger partial charge on any atom is 0.323 e. The molecule has 5 heteroatoms. The molecule has 0 radical (unpaired) electrons. The topological polar surface area (TPSA) is 41.6 Å². The predicted octanol–water partition coefficient (Wildman–Crippen LogP) is 6.16. The zero-order chi connectivity index (χ0) is 20.9. The summed E-state index contributed by atoms with van der Waals surface area (Å²) in [5, 5.41) is 3.06. The second kappa shape index (κ2) is 9.26. The summed E-state index contributed by atoms with van der Waals surface area (Å²) in [5.41, 5.74) is 5.48. The van der Waals surface area contributed by atoms with Crippen molar-refractivity contribution >= 4 is 23.5 Å². The number of nitrogens with zero attached hydrogens (tertiary/aromatic N) is 1. The second-order valence-electron chi connectivity index (χ2n) is 7.49. The van der Waals surface area contributed by atoms with Gasteiger partial charge in [-0.05, 0) is 60.4 Å². The first kappa shape index (κ1) is 20.4. The summed E-state index contributed by atoms with van der Waals surface area (Å²) in [5.74, 6) is 1.76. The molecule has 1 atom stereocenters. The number of hydrogen-bond acceptors (Lipinski definition) is 3. The van der Waals surface area contributed by atoms with E-state index < -0.39 is 0 Å². The van der Waals surface area contributed by atoms with Crippen LogP contribution in [-0.2, 0) is 6.61 Å². The quantitative estimate of drug-likeness (QED) is 0.539. The lowest BCUT2D eigenvalue weighted by atomic mass is 10.1. The fourth-order valence-corrected chi connectivity index (χ4v) is 4.69. The first-order valence-corrected chi connectivity index (χ1v) is 11.2. The normalized spacial score (nSPS) is 15.8. The van der Waals surface area contributed by atoms with Crippen molar-refractivity contribution in [3.63, 3.8) is 0 Å². The van der Waals surface area contributed by atoms with Crippen LogP contribution >= 0.6 is 11.8 Å². The lowest BCUT2D eigenvalue weighted by molar-refractivity contribution is 0.214. The number of benzene rings is 3. The van der Waals surface area contributed by atoms with Gasteiger partial charge in [0.15, 0.2) is 0 Å². The van der Waals surface area contributed by atoms with Gasteiger partial charge in [0.2, 0.25) is 0 Å². The van der Waals surface area contributed by atoms with Crippen LogP contribution in [0.25, 0.3) is 0 Å². The smallest absolute Gasteiger partial charge is 0.323 e. The van der Waals surface area contributed by atoms with Gasteiger partial charge >= 0.3 is 6.03 Å². The van der Waals surface area contributed by atoms with Crippen molar-refractivity contribution in [2.24, 2.45) is 0 Å². The maximum absolute atomic E-state index is 12.9. The molecule has 1 N–H and O–H groups in total. The Bertz CT molecular complexity index is 1010. The second-order valence-corrected chi connectivity index (χ2v) is 8.68. The van der Waals surface area contributed by atoms with E-state index in [-0.39, 0.29) is 11.4 Å². The van der Waals surface area contributed by atoms with Gasteiger partial charge in [-0.2, -0.15) is 0 Å². The number of amides is 2. The molecule has 4 nitrogen and oxygen atoms in total. The minimum absolute atomic E-state index is 0.0136. The van der Waals surface area contributed by atoms with Crippen molar-refractivity contribution in [1.29, 1.82) is 0 Å². The number of rotatable bonds is 5. The Labute approximate surface area is 182 Å². The number of thioether (sulfide) groups is 1. The Hall–Kier alpha value is -2.92. The predicted molar refractivity (Wildman–Crippen MR) is 124 cm³/mol. The molecule has 2 amide bonds. The third-order valence-electron chi connectivity index (χ3n) is 5.32. The Morgan fingerprint density at radius 2 is 1.80 bits per heavy atom. The molecule has 0 bridgehead atoms. The van der Waals surface area contributed by atoms with Crippen LogP contribution in [0.4, 0.5) is 10.5 Å². The van der Waals surface area contributed by atoms with Crippen LogP contribution in [0, 0.1) is 13.8 Å². The first-order chi connectivity index (χ1) is 14.6. The molecule has 1 saturated heterocycles. The van der Waals surface area contributed by atoms with Gasteiger partial charge in [-0.15, -0.1) is 11.8 Å². The van der Waals surface area contributed by atoms with Crippen molar-refractivity contribution in [2.75, 3.05) is 17.6 Å². The Balaban J connectivity index is 1.40. The highest BCUT2D eigenvalue weighted by Gasteiger charge is 2.30. The third-order valence-corrected chi connectivity index (χ3v) is 6.58. The van der Waals surface area contributed by atoms with E-state index in [2.05, 4.69) is 43.4 Å². The summed E-state index contributed by atoms with van der Waals surface area (Å²) in [7, 11) is 0. The van der Waals surface area contributed by atoms with Crippen molar-refractivity contribution in [1.82, 2.24) is 4.90 Å². The van der Waals surface area contributed by atoms with E-state index in [1.807, 2.05) is 53.4 Å². The number of nitrogens with one attached hydrogen (secondary N) is 1. The number of anilines is 1. The van der Waals surface area contributed by atoms with E-state index in [0.717, 1.165) is 34.9 Å². The molecule has 1 aliphatic rings. The Kier molecular flexibility index (Phi) is 6.29. The van der Waals surface area contributed by atoms with Crippen molar-refractivity contribution in [2.45, 2.75) is 25.8 Å². The molecule has 3 aromatic carbocycles. The van der Waals surface area contributed by atoms with Gasteiger partial charge in [0.25, 0.3) is 0 Å². The van der Waals surface area contributed by atoms with Crippen LogP contribution in [0.1, 0.15) is 27.6 Å². The van der Waals surface area contributed by atoms with Crippen LogP contribution in [0.15, 0.2) is 72.8 Å². The molecule has 0 saturated carbocycles. The van der Waals surface area contributed by atoms with Gasteiger partial charge in [-0.1, -0.05) is 48.5 Å². The van der Waals surface area contributed by atoms with Crippen LogP contribution in [0.5, 0.6) is 5.75 Å². The molecule has 0 aromatic heterocycles. The van der Waals surface area contributed by atoms with Crippen molar-refractivity contribution in [3.8, 4) is 5.75 Å². The number of aryl methyl sites for hydroxylation is 2. The number of carbonyl (C=O) groups is 1. The number of carbonyl (C=O) groups excluding carboxylic acids is 1. The van der Waals surface area contributed by atoms with Gasteiger partial charge in [0, 0.05) is 18.0 Å². The molecule has 0 spiro atoms. The highest BCUT2D eigenvalue weighted by atomic mass is 32.2. The lowest BCUT2D eigenvalue weighted by Crippen LogP contribution is -2.34. The molecule has 30 heavy (non-hydrogen) atoms. The highest BCUT2D eigenvalue weighted by Crippen LogP contribution is 2.38. The number of ether oxygens (including phenoxy) is 1. The fourth-order valence-electron chi connectivity index (χ4n) is 3.44. The Morgan fingerprint density at radius 1 is 1.03 bits per heavy atom. The van der Waals surface area contributed by atoms with E-state index in [1.165, 1.54) is 11.1 Å². The van der Waals surface area contributed by atoms with Crippen LogP contribution in [0.3, 0.4) is 0 Å². The molecule has 154 valence electrons. The van der Waals surface area contributed by atoms with Crippen molar-refractivity contribution < 1.29 is 9.53 Å². The van der Waals surface area contributed by atoms with Crippen LogP contribution in [-0.4, -0.2) is 23.2 Å². The van der Waals surface area contributed by atoms with Crippen LogP contribution in [0.2, 0.25) is 0 Å². The summed E-state index contributed by atoms with van der Waals surface area (Å²) in [6, 6.07) is 24.2. The molecular weight excluding hydrogens is 392 g/mol. The summed E-state index contributed by atoms with van der Waals surface area (Å²) in [4.78, 5) is 14.8. The minimum Gasteiger partial charge on any atom is -0.489 e. The maximum atomic E-state index is 12.9. The van der Waals surface area contributed by atoms with E-state index in [4.69, 9.17) is 4.74 Å². The molecule has 1 heterocycles. The zero-order valence-corrected chi connectivity index (χ0v) is 18.1. The molecule has 4 rings (SSSR count). The monoisotopic (exact) mass is 418 g/mol. The standard InChI is InChI=1S/C25H26N2O2S/c1-18-8-11-22(16-19(18)2)26-25(28)27-14-15-30-24(27)21-9-12-23(13-10-21)29-17-20-6-4-3-5-7-20/h3-13,16,24H,14-15,17H2,1-2H3,(H,26,28). The SMILES string of the molecule is Cc1ccc(NC(=O)N2CCSC2c2ccc(OCc3ccccc3)cc2)cc1C. The van der Waals surface area contributed by atoms with Gasteiger partial charge in [-0.3, -0.25) is 0 Å². The van der Waals surface area contributed by atoms with Crippen molar-refractivity contribution in [3.05, 3.63) is 95.1 Å². The number of urea groups is 1. The first-order valence-electron chi connectivity index (χ1n) is 10.1. The zero-order valence-electron chi connectivity index (χ0n) is 17.3. The third kappa shape index (κ3) is 4.79. The minimum atomic E-state index is -0.0577. The van der Waals surface area contributed by atoms with Crippen LogP contribution < -0.4 is 10.1 Å².